The van der Waals surface area contributed by atoms with E-state index in [1.165, 1.54) is 18.3 Å². The minimum absolute atomic E-state index is 0.235. The van der Waals surface area contributed by atoms with E-state index in [1.54, 1.807) is 54.6 Å². The molecule has 3 rings (SSSR count). The monoisotopic (exact) mass is 456 g/mol. The molecular weight excluding hydrogens is 439 g/mol. The third kappa shape index (κ3) is 6.31. The van der Waals surface area contributed by atoms with Crippen molar-refractivity contribution in [1.29, 1.82) is 0 Å². The van der Waals surface area contributed by atoms with Crippen LogP contribution in [0.4, 0.5) is 0 Å². The lowest BCUT2D eigenvalue weighted by Crippen LogP contribution is -2.18. The molecule has 0 saturated carbocycles. The number of halogens is 2. The lowest BCUT2D eigenvalue weighted by atomic mass is 10.2. The fourth-order valence-corrected chi connectivity index (χ4v) is 3.04. The van der Waals surface area contributed by atoms with Gasteiger partial charge < -0.3 is 9.47 Å². The SMILES string of the molecule is CCOc1ccc(C(=O)Oc2ccc(C=NNC(=O)c3ccc(Cl)cc3Cl)cc2)cc1. The summed E-state index contributed by atoms with van der Waals surface area (Å²) in [6.07, 6.45) is 1.46. The highest BCUT2D eigenvalue weighted by Crippen LogP contribution is 2.21. The van der Waals surface area contributed by atoms with E-state index in [0.717, 1.165) is 0 Å². The molecule has 3 aromatic carbocycles. The molecule has 0 saturated heterocycles. The third-order valence-electron chi connectivity index (χ3n) is 4.05. The largest absolute Gasteiger partial charge is 0.494 e. The van der Waals surface area contributed by atoms with Gasteiger partial charge in [-0.05, 0) is 79.2 Å². The summed E-state index contributed by atoms with van der Waals surface area (Å²) >= 11 is 11.8. The molecule has 1 amide bonds. The van der Waals surface area contributed by atoms with Gasteiger partial charge in [-0.3, -0.25) is 4.79 Å². The number of carbonyl (C=O) groups excluding carboxylic acids is 2. The second-order valence-electron chi connectivity index (χ2n) is 6.24. The van der Waals surface area contributed by atoms with Crippen molar-refractivity contribution in [3.63, 3.8) is 0 Å². The van der Waals surface area contributed by atoms with Crippen LogP contribution in [-0.4, -0.2) is 24.7 Å². The van der Waals surface area contributed by atoms with Crippen LogP contribution in [0.25, 0.3) is 0 Å². The Bertz CT molecular complexity index is 1100. The molecule has 0 aliphatic heterocycles. The van der Waals surface area contributed by atoms with Crippen molar-refractivity contribution in [2.45, 2.75) is 6.92 Å². The van der Waals surface area contributed by atoms with Crippen molar-refractivity contribution in [3.8, 4) is 11.5 Å². The number of carbonyl (C=O) groups is 2. The Morgan fingerprint density at radius 1 is 0.968 bits per heavy atom. The molecule has 3 aromatic rings. The van der Waals surface area contributed by atoms with Crippen LogP contribution in [0, 0.1) is 0 Å². The maximum absolute atomic E-state index is 12.2. The van der Waals surface area contributed by atoms with Crippen LogP contribution >= 0.6 is 23.2 Å². The number of ether oxygens (including phenoxy) is 2. The highest BCUT2D eigenvalue weighted by Gasteiger charge is 2.10. The molecule has 0 aromatic heterocycles. The first kappa shape index (κ1) is 22.3. The zero-order chi connectivity index (χ0) is 22.2. The molecule has 0 aliphatic rings. The van der Waals surface area contributed by atoms with Gasteiger partial charge >= 0.3 is 5.97 Å². The molecule has 158 valence electrons. The number of esters is 1. The molecule has 0 aliphatic carbocycles. The smallest absolute Gasteiger partial charge is 0.343 e. The Morgan fingerprint density at radius 2 is 1.65 bits per heavy atom. The molecule has 8 heteroatoms. The van der Waals surface area contributed by atoms with E-state index in [2.05, 4.69) is 10.5 Å². The Balaban J connectivity index is 1.55. The minimum Gasteiger partial charge on any atom is -0.494 e. The molecule has 31 heavy (non-hydrogen) atoms. The van der Waals surface area contributed by atoms with Crippen LogP contribution in [0.15, 0.2) is 71.8 Å². The van der Waals surface area contributed by atoms with Crippen LogP contribution in [-0.2, 0) is 0 Å². The molecular formula is C23H18Cl2N2O4. The van der Waals surface area contributed by atoms with E-state index < -0.39 is 11.9 Å². The van der Waals surface area contributed by atoms with Crippen molar-refractivity contribution in [1.82, 2.24) is 5.43 Å². The second kappa shape index (κ2) is 10.6. The molecule has 0 radical (unpaired) electrons. The molecule has 0 unspecified atom stereocenters. The van der Waals surface area contributed by atoms with E-state index in [0.29, 0.717) is 34.3 Å². The normalized spacial score (nSPS) is 10.7. The summed E-state index contributed by atoms with van der Waals surface area (Å²) < 4.78 is 10.7. The predicted molar refractivity (Wildman–Crippen MR) is 121 cm³/mol. The van der Waals surface area contributed by atoms with Gasteiger partial charge in [-0.25, -0.2) is 10.2 Å². The minimum atomic E-state index is -0.475. The van der Waals surface area contributed by atoms with E-state index in [4.69, 9.17) is 32.7 Å². The fourth-order valence-electron chi connectivity index (χ4n) is 2.54. The number of benzene rings is 3. The highest BCUT2D eigenvalue weighted by atomic mass is 35.5. The van der Waals surface area contributed by atoms with Gasteiger partial charge in [0.25, 0.3) is 5.91 Å². The molecule has 0 spiro atoms. The molecule has 6 nitrogen and oxygen atoms in total. The van der Waals surface area contributed by atoms with Gasteiger partial charge in [0.15, 0.2) is 0 Å². The number of amides is 1. The topological polar surface area (TPSA) is 77.0 Å². The molecule has 0 heterocycles. The maximum Gasteiger partial charge on any atom is 0.343 e. The van der Waals surface area contributed by atoms with E-state index in [-0.39, 0.29) is 10.6 Å². The molecule has 0 bridgehead atoms. The van der Waals surface area contributed by atoms with Crippen molar-refractivity contribution in [2.24, 2.45) is 5.10 Å². The summed E-state index contributed by atoms with van der Waals surface area (Å²) in [5.41, 5.74) is 3.77. The average Bonchev–Trinajstić information content (AvgIpc) is 2.75. The first-order valence-corrected chi connectivity index (χ1v) is 10.1. The standard InChI is InChI=1S/C23H18Cl2N2O4/c1-2-30-18-10-5-16(6-11-18)23(29)31-19-8-3-15(4-9-19)14-26-27-22(28)20-12-7-17(24)13-21(20)25/h3-14H,2H2,1H3,(H,27,28). The van der Waals surface area contributed by atoms with Crippen LogP contribution < -0.4 is 14.9 Å². The molecule has 1 N–H and O–H groups in total. The number of rotatable bonds is 7. The molecule has 0 atom stereocenters. The number of nitrogens with zero attached hydrogens (tertiary/aromatic N) is 1. The quantitative estimate of drug-likeness (QED) is 0.224. The van der Waals surface area contributed by atoms with Gasteiger partial charge in [-0.1, -0.05) is 23.2 Å². The van der Waals surface area contributed by atoms with Gasteiger partial charge in [0.05, 0.1) is 29.0 Å². The predicted octanol–water partition coefficient (Wildman–Crippen LogP) is 5.38. The van der Waals surface area contributed by atoms with E-state index in [1.807, 2.05) is 6.92 Å². The van der Waals surface area contributed by atoms with Gasteiger partial charge in [0.2, 0.25) is 0 Å². The van der Waals surface area contributed by atoms with Crippen LogP contribution in [0.5, 0.6) is 11.5 Å². The number of hydrazone groups is 1. The lowest BCUT2D eigenvalue weighted by molar-refractivity contribution is 0.0734. The Morgan fingerprint density at radius 3 is 2.29 bits per heavy atom. The van der Waals surface area contributed by atoms with Gasteiger partial charge in [-0.2, -0.15) is 5.10 Å². The maximum atomic E-state index is 12.2. The Kier molecular flexibility index (Phi) is 7.65. The first-order chi connectivity index (χ1) is 15.0. The summed E-state index contributed by atoms with van der Waals surface area (Å²) in [7, 11) is 0. The third-order valence-corrected chi connectivity index (χ3v) is 4.59. The van der Waals surface area contributed by atoms with Gasteiger partial charge in [0.1, 0.15) is 11.5 Å². The lowest BCUT2D eigenvalue weighted by Gasteiger charge is -2.06. The van der Waals surface area contributed by atoms with Crippen LogP contribution in [0.3, 0.4) is 0 Å². The summed E-state index contributed by atoms with van der Waals surface area (Å²) in [5.74, 6) is 0.136. The van der Waals surface area contributed by atoms with Crippen LogP contribution in [0.1, 0.15) is 33.2 Å². The van der Waals surface area contributed by atoms with Gasteiger partial charge in [-0.15, -0.1) is 0 Å². The zero-order valence-electron chi connectivity index (χ0n) is 16.5. The van der Waals surface area contributed by atoms with Crippen molar-refractivity contribution < 1.29 is 19.1 Å². The number of hydrogen-bond acceptors (Lipinski definition) is 5. The summed E-state index contributed by atoms with van der Waals surface area (Å²) in [4.78, 5) is 24.4. The fraction of sp³-hybridized carbons (Fsp3) is 0.0870. The van der Waals surface area contributed by atoms with Crippen molar-refractivity contribution in [2.75, 3.05) is 6.61 Å². The Hall–Kier alpha value is -3.35. The first-order valence-electron chi connectivity index (χ1n) is 9.30. The average molecular weight is 457 g/mol. The summed E-state index contributed by atoms with van der Waals surface area (Å²) in [5, 5.41) is 4.58. The second-order valence-corrected chi connectivity index (χ2v) is 7.08. The number of hydrogen-bond donors (Lipinski definition) is 1. The highest BCUT2D eigenvalue weighted by molar-refractivity contribution is 6.36. The number of nitrogens with one attached hydrogen (secondary N) is 1. The zero-order valence-corrected chi connectivity index (χ0v) is 18.0. The van der Waals surface area contributed by atoms with Crippen molar-refractivity contribution in [3.05, 3.63) is 93.5 Å². The van der Waals surface area contributed by atoms with Gasteiger partial charge in [0, 0.05) is 5.02 Å². The van der Waals surface area contributed by atoms with Crippen LogP contribution in [0.2, 0.25) is 10.0 Å². The van der Waals surface area contributed by atoms with E-state index in [9.17, 15) is 9.59 Å². The van der Waals surface area contributed by atoms with Crippen molar-refractivity contribution >= 4 is 41.3 Å². The summed E-state index contributed by atoms with van der Waals surface area (Å²) in [6, 6.07) is 17.9. The molecule has 0 fully saturated rings. The summed E-state index contributed by atoms with van der Waals surface area (Å²) in [6.45, 7) is 2.44. The Labute approximate surface area is 189 Å². The van der Waals surface area contributed by atoms with E-state index >= 15 is 0 Å².